The molecule has 4 aromatic carbocycles. The van der Waals surface area contributed by atoms with Gasteiger partial charge in [0.2, 0.25) is 0 Å². The normalized spacial score (nSPS) is 11.0. The quantitative estimate of drug-likeness (QED) is 0.331. The summed E-state index contributed by atoms with van der Waals surface area (Å²) in [7, 11) is -2.15. The molecule has 0 aliphatic carbocycles. The van der Waals surface area contributed by atoms with E-state index in [1.165, 1.54) is 19.1 Å². The van der Waals surface area contributed by atoms with Crippen LogP contribution in [0.5, 0.6) is 0 Å². The summed E-state index contributed by atoms with van der Waals surface area (Å²) in [6.07, 6.45) is 0. The summed E-state index contributed by atoms with van der Waals surface area (Å²) in [5.74, 6) is 0. The molecule has 4 rings (SSSR count). The van der Waals surface area contributed by atoms with Crippen molar-refractivity contribution < 1.29 is 0 Å². The second kappa shape index (κ2) is 9.14. The van der Waals surface area contributed by atoms with Crippen LogP contribution in [0.3, 0.4) is 0 Å². The second-order valence-corrected chi connectivity index (χ2v) is 14.8. The van der Waals surface area contributed by atoms with Crippen molar-refractivity contribution >= 4 is 41.8 Å². The van der Waals surface area contributed by atoms with Crippen molar-refractivity contribution in [1.29, 1.82) is 0 Å². The van der Waals surface area contributed by atoms with Gasteiger partial charge in [-0.05, 0) is 0 Å². The molecule has 4 aromatic rings. The summed E-state index contributed by atoms with van der Waals surface area (Å²) in [5.41, 5.74) is 3.88. The molecule has 0 N–H and O–H groups in total. The van der Waals surface area contributed by atoms with E-state index in [0.29, 0.717) is 0 Å². The third-order valence-electron chi connectivity index (χ3n) is 5.15. The standard InChI is InChI=1S/C27H23AsSi/c1-29(26-18-10-4-11-19-26,27-20-12-5-13-21-27)23-22-28(24-14-6-2-7-15-24)25-16-8-3-9-17-25/h2-21H,1H3. The predicted octanol–water partition coefficient (Wildman–Crippen LogP) is 3.27. The third kappa shape index (κ3) is 4.46. The van der Waals surface area contributed by atoms with Crippen LogP contribution in [0.15, 0.2) is 121 Å². The fraction of sp³-hybridized carbons (Fsp3) is 0.0370. The van der Waals surface area contributed by atoms with Crippen molar-refractivity contribution in [2.24, 2.45) is 0 Å². The summed E-state index contributed by atoms with van der Waals surface area (Å²) in [5, 5.41) is 2.74. The van der Waals surface area contributed by atoms with Crippen LogP contribution < -0.4 is 19.1 Å². The van der Waals surface area contributed by atoms with Gasteiger partial charge in [-0.25, -0.2) is 0 Å². The van der Waals surface area contributed by atoms with Gasteiger partial charge in [0.05, 0.1) is 0 Å². The Morgan fingerprint density at radius 2 is 0.862 bits per heavy atom. The van der Waals surface area contributed by atoms with Crippen molar-refractivity contribution in [2.75, 3.05) is 0 Å². The maximum absolute atomic E-state index is 3.88. The summed E-state index contributed by atoms with van der Waals surface area (Å²) in [4.78, 5) is 0. The van der Waals surface area contributed by atoms with Gasteiger partial charge >= 0.3 is 180 Å². The van der Waals surface area contributed by atoms with Crippen LogP contribution >= 0.6 is 0 Å². The first-order valence-corrected chi connectivity index (χ1v) is 15.1. The molecule has 0 spiro atoms. The van der Waals surface area contributed by atoms with Crippen molar-refractivity contribution in [3.8, 4) is 10.3 Å². The zero-order valence-electron chi connectivity index (χ0n) is 16.5. The predicted molar refractivity (Wildman–Crippen MR) is 129 cm³/mol. The maximum atomic E-state index is 3.88. The van der Waals surface area contributed by atoms with Crippen LogP contribution in [0.2, 0.25) is 6.55 Å². The molecule has 0 nitrogen and oxygen atoms in total. The monoisotopic (exact) mass is 450 g/mol. The van der Waals surface area contributed by atoms with E-state index in [4.69, 9.17) is 0 Å². The van der Waals surface area contributed by atoms with Crippen LogP contribution in [-0.2, 0) is 0 Å². The molecule has 0 saturated heterocycles. The SMILES string of the molecule is C[Si](C#C[As](c1ccccc1)c1ccccc1)(c1ccccc1)c1ccccc1. The Kier molecular flexibility index (Phi) is 6.16. The number of benzene rings is 4. The summed E-state index contributed by atoms with van der Waals surface area (Å²) < 4.78 is 6.62. The Labute approximate surface area is 179 Å². The Morgan fingerprint density at radius 1 is 0.517 bits per heavy atom. The Balaban J connectivity index is 1.85. The van der Waals surface area contributed by atoms with E-state index in [-0.39, 0.29) is 0 Å². The van der Waals surface area contributed by atoms with Crippen LogP contribution in [0.25, 0.3) is 0 Å². The molecule has 0 unspecified atom stereocenters. The van der Waals surface area contributed by atoms with Gasteiger partial charge in [-0.15, -0.1) is 0 Å². The average Bonchev–Trinajstić information content (AvgIpc) is 2.81. The van der Waals surface area contributed by atoms with Crippen LogP contribution in [0.1, 0.15) is 0 Å². The second-order valence-electron chi connectivity index (χ2n) is 7.10. The van der Waals surface area contributed by atoms with Gasteiger partial charge in [0.25, 0.3) is 0 Å². The molecule has 2 heteroatoms. The van der Waals surface area contributed by atoms with Gasteiger partial charge in [-0.1, -0.05) is 0 Å². The molecule has 0 aliphatic rings. The Bertz CT molecular complexity index is 1020. The Hall–Kier alpha value is -2.78. The molecule has 0 aliphatic heterocycles. The fourth-order valence-corrected chi connectivity index (χ4v) is 11.4. The van der Waals surface area contributed by atoms with E-state index in [0.717, 1.165) is 0 Å². The molecule has 0 bridgehead atoms. The minimum atomic E-state index is -2.15. The van der Waals surface area contributed by atoms with E-state index < -0.39 is 22.7 Å². The van der Waals surface area contributed by atoms with Gasteiger partial charge in [-0.2, -0.15) is 0 Å². The van der Waals surface area contributed by atoms with Crippen LogP contribution in [0.4, 0.5) is 0 Å². The molecular formula is C27H23AsSi. The van der Waals surface area contributed by atoms with Gasteiger partial charge in [0, 0.05) is 0 Å². The van der Waals surface area contributed by atoms with Gasteiger partial charge in [0.15, 0.2) is 0 Å². The van der Waals surface area contributed by atoms with E-state index in [1.54, 1.807) is 0 Å². The molecule has 0 atom stereocenters. The van der Waals surface area contributed by atoms with Crippen molar-refractivity contribution in [2.45, 2.75) is 6.55 Å². The first-order chi connectivity index (χ1) is 14.3. The number of rotatable bonds is 4. The molecule has 0 radical (unpaired) electrons. The van der Waals surface area contributed by atoms with E-state index in [9.17, 15) is 0 Å². The van der Waals surface area contributed by atoms with E-state index in [1.807, 2.05) is 0 Å². The molecular weight excluding hydrogens is 427 g/mol. The first-order valence-electron chi connectivity index (χ1n) is 9.81. The first kappa shape index (κ1) is 19.5. The van der Waals surface area contributed by atoms with Gasteiger partial charge < -0.3 is 0 Å². The van der Waals surface area contributed by atoms with Crippen molar-refractivity contribution in [3.05, 3.63) is 121 Å². The zero-order chi connectivity index (χ0) is 19.9. The molecule has 0 aromatic heterocycles. The fourth-order valence-electron chi connectivity index (χ4n) is 3.45. The summed E-state index contributed by atoms with van der Waals surface area (Å²) >= 11 is -1.71. The average molecular weight is 450 g/mol. The molecule has 0 fully saturated rings. The number of hydrogen-bond donors (Lipinski definition) is 0. The van der Waals surface area contributed by atoms with Gasteiger partial charge in [0.1, 0.15) is 0 Å². The molecule has 0 amide bonds. The zero-order valence-corrected chi connectivity index (χ0v) is 19.4. The summed E-state index contributed by atoms with van der Waals surface area (Å²) in [6, 6.07) is 43.4. The van der Waals surface area contributed by atoms with Crippen molar-refractivity contribution in [1.82, 2.24) is 0 Å². The van der Waals surface area contributed by atoms with Crippen LogP contribution in [-0.4, -0.2) is 22.7 Å². The Morgan fingerprint density at radius 3 is 1.24 bits per heavy atom. The van der Waals surface area contributed by atoms with Gasteiger partial charge in [-0.3, -0.25) is 0 Å². The summed E-state index contributed by atoms with van der Waals surface area (Å²) in [6.45, 7) is 2.38. The van der Waals surface area contributed by atoms with E-state index in [2.05, 4.69) is 138 Å². The topological polar surface area (TPSA) is 0 Å². The minimum absolute atomic E-state index is 1.37. The molecule has 29 heavy (non-hydrogen) atoms. The van der Waals surface area contributed by atoms with Crippen LogP contribution in [0, 0.1) is 10.3 Å². The molecule has 0 saturated carbocycles. The van der Waals surface area contributed by atoms with Crippen molar-refractivity contribution in [3.63, 3.8) is 0 Å². The van der Waals surface area contributed by atoms with E-state index >= 15 is 0 Å². The molecule has 0 heterocycles. The molecule has 140 valence electrons. The number of hydrogen-bond acceptors (Lipinski definition) is 0. The third-order valence-corrected chi connectivity index (χ3v) is 13.3.